The van der Waals surface area contributed by atoms with E-state index in [4.69, 9.17) is 15.2 Å². The number of ether oxygens (including phenoxy) is 1. The van der Waals surface area contributed by atoms with Crippen LogP contribution < -0.4 is 25.3 Å². The quantitative estimate of drug-likeness (QED) is 0.162. The van der Waals surface area contributed by atoms with Crippen molar-refractivity contribution >= 4 is 66.0 Å². The van der Waals surface area contributed by atoms with E-state index in [-0.39, 0.29) is 27.8 Å². The van der Waals surface area contributed by atoms with E-state index < -0.39 is 21.8 Å². The van der Waals surface area contributed by atoms with Crippen LogP contribution in [0.5, 0.6) is 5.75 Å². The zero-order chi connectivity index (χ0) is 30.1. The first-order valence-electron chi connectivity index (χ1n) is 12.3. The number of nitrogens with one attached hydrogen (secondary N) is 3. The van der Waals surface area contributed by atoms with Crippen LogP contribution in [0.2, 0.25) is 0 Å². The van der Waals surface area contributed by atoms with E-state index in [0.717, 1.165) is 16.5 Å². The van der Waals surface area contributed by atoms with Gasteiger partial charge in [0.15, 0.2) is 5.75 Å². The van der Waals surface area contributed by atoms with Gasteiger partial charge in [0.05, 0.1) is 35.3 Å². The largest absolute Gasteiger partial charge is 0.492 e. The molecule has 0 radical (unpaired) electrons. The fraction of sp³-hybridized carbons (Fsp3) is 0.214. The van der Waals surface area contributed by atoms with E-state index in [2.05, 4.69) is 15.4 Å². The van der Waals surface area contributed by atoms with Crippen LogP contribution in [-0.4, -0.2) is 44.0 Å². The number of amides is 2. The Balaban J connectivity index is 1.65. The summed E-state index contributed by atoms with van der Waals surface area (Å²) in [6.07, 6.45) is 1.04. The van der Waals surface area contributed by atoms with Gasteiger partial charge in [0.2, 0.25) is 10.0 Å². The third kappa shape index (κ3) is 6.95. The molecule has 0 spiro atoms. The lowest BCUT2D eigenvalue weighted by atomic mass is 9.86. The number of rotatable bonds is 8. The molecule has 1 aromatic heterocycles. The van der Waals surface area contributed by atoms with Gasteiger partial charge in [-0.3, -0.25) is 24.7 Å². The molecule has 0 atom stereocenters. The van der Waals surface area contributed by atoms with Gasteiger partial charge >= 0.3 is 0 Å². The lowest BCUT2D eigenvalue weighted by Crippen LogP contribution is -2.18. The topological polar surface area (TPSA) is 157 Å². The van der Waals surface area contributed by atoms with Gasteiger partial charge in [0.1, 0.15) is 0 Å². The maximum atomic E-state index is 13.4. The molecule has 1 heterocycles. The summed E-state index contributed by atoms with van der Waals surface area (Å²) in [6.45, 7) is 5.90. The molecule has 0 bridgehead atoms. The van der Waals surface area contributed by atoms with Crippen LogP contribution in [0.15, 0.2) is 60.7 Å². The summed E-state index contributed by atoms with van der Waals surface area (Å²) < 4.78 is 32.8. The number of sulfonamides is 1. The SMILES string of the molecule is COc1c(NC(=O)c2cc3c(NC(=O)c4ccc(N(O)O)cc4)cccc3s2)cc(C(C)(C)C)cc1NS(C)(=O)=O. The minimum atomic E-state index is -3.63. The van der Waals surface area contributed by atoms with Crippen molar-refractivity contribution in [2.45, 2.75) is 26.2 Å². The molecule has 11 nitrogen and oxygen atoms in total. The lowest BCUT2D eigenvalue weighted by molar-refractivity contribution is 0.0291. The Bertz CT molecular complexity index is 1720. The second kappa shape index (κ2) is 11.4. The van der Waals surface area contributed by atoms with Gasteiger partial charge in [-0.2, -0.15) is 0 Å². The van der Waals surface area contributed by atoms with Crippen LogP contribution in [0, 0.1) is 0 Å². The monoisotopic (exact) mass is 598 g/mol. The number of carbonyl (C=O) groups excluding carboxylic acids is 2. The fourth-order valence-electron chi connectivity index (χ4n) is 4.06. The van der Waals surface area contributed by atoms with Crippen molar-refractivity contribution in [2.75, 3.05) is 33.9 Å². The first kappa shape index (κ1) is 29.8. The second-order valence-electron chi connectivity index (χ2n) is 10.3. The number of carbonyl (C=O) groups is 2. The molecule has 13 heteroatoms. The summed E-state index contributed by atoms with van der Waals surface area (Å²) in [7, 11) is -2.24. The van der Waals surface area contributed by atoms with Crippen LogP contribution in [-0.2, 0) is 15.4 Å². The highest BCUT2D eigenvalue weighted by Crippen LogP contribution is 2.40. The summed E-state index contributed by atoms with van der Waals surface area (Å²) in [6, 6.07) is 16.0. The maximum absolute atomic E-state index is 13.4. The van der Waals surface area contributed by atoms with Gasteiger partial charge < -0.3 is 15.4 Å². The number of anilines is 4. The number of fused-ring (bicyclic) bond motifs is 1. The van der Waals surface area contributed by atoms with Gasteiger partial charge in [-0.15, -0.1) is 16.6 Å². The highest BCUT2D eigenvalue weighted by Gasteiger charge is 2.23. The molecule has 4 rings (SSSR count). The number of nitrogens with zero attached hydrogens (tertiary/aromatic N) is 1. The molecule has 0 saturated carbocycles. The molecular formula is C28H30N4O7S2. The Morgan fingerprint density at radius 3 is 2.12 bits per heavy atom. The van der Waals surface area contributed by atoms with Crippen LogP contribution in [0.3, 0.4) is 0 Å². The average molecular weight is 599 g/mol. The normalized spacial score (nSPS) is 11.7. The van der Waals surface area contributed by atoms with Crippen LogP contribution in [0.1, 0.15) is 46.4 Å². The van der Waals surface area contributed by atoms with Crippen molar-refractivity contribution < 1.29 is 33.2 Å². The third-order valence-electron chi connectivity index (χ3n) is 6.10. The molecule has 0 saturated heterocycles. The van der Waals surface area contributed by atoms with Gasteiger partial charge in [-0.25, -0.2) is 8.42 Å². The standard InChI is InChI=1S/C28H30N4O7S2/c1-28(2,3)17-13-21(25(39-4)22(14-17)31-41(5,37)38)30-27(34)24-15-19-20(7-6-8-23(19)40-24)29-26(33)16-9-11-18(12-10-16)32(35)36/h6-15,31,35-36H,1-5H3,(H,29,33)(H,30,34). The van der Waals surface area contributed by atoms with E-state index in [1.54, 1.807) is 30.3 Å². The first-order valence-corrected chi connectivity index (χ1v) is 15.0. The number of benzene rings is 3. The van der Waals surface area contributed by atoms with E-state index in [1.165, 1.54) is 42.7 Å². The average Bonchev–Trinajstić information content (AvgIpc) is 3.33. The Labute approximate surface area is 241 Å². The highest BCUT2D eigenvalue weighted by atomic mass is 32.2. The van der Waals surface area contributed by atoms with Crippen LogP contribution in [0.25, 0.3) is 10.1 Å². The number of hydrogen-bond acceptors (Lipinski definition) is 9. The maximum Gasteiger partial charge on any atom is 0.265 e. The Morgan fingerprint density at radius 2 is 1.54 bits per heavy atom. The minimum Gasteiger partial charge on any atom is -0.492 e. The molecule has 0 aliphatic carbocycles. The van der Waals surface area contributed by atoms with Crippen molar-refractivity contribution in [1.82, 2.24) is 0 Å². The Hall–Kier alpha value is -4.17. The zero-order valence-corrected chi connectivity index (χ0v) is 24.6. The molecule has 2 amide bonds. The van der Waals surface area contributed by atoms with Crippen LogP contribution >= 0.6 is 11.3 Å². The van der Waals surface area contributed by atoms with E-state index in [0.29, 0.717) is 27.2 Å². The molecule has 0 aliphatic heterocycles. The fourth-order valence-corrected chi connectivity index (χ4v) is 5.59. The first-order chi connectivity index (χ1) is 19.2. The second-order valence-corrected chi connectivity index (χ2v) is 13.1. The number of hydrogen-bond donors (Lipinski definition) is 5. The van der Waals surface area contributed by atoms with Crippen molar-refractivity contribution in [1.29, 1.82) is 0 Å². The van der Waals surface area contributed by atoms with E-state index in [9.17, 15) is 18.0 Å². The summed E-state index contributed by atoms with van der Waals surface area (Å²) in [5.74, 6) is -0.688. The molecule has 4 aromatic rings. The van der Waals surface area contributed by atoms with Gasteiger partial charge in [-0.05, 0) is 65.6 Å². The molecule has 216 valence electrons. The molecule has 41 heavy (non-hydrogen) atoms. The minimum absolute atomic E-state index is 0.0433. The Kier molecular flexibility index (Phi) is 8.27. The predicted molar refractivity (Wildman–Crippen MR) is 160 cm³/mol. The molecule has 3 aromatic carbocycles. The summed E-state index contributed by atoms with van der Waals surface area (Å²) in [5.41, 5.74) is 1.81. The van der Waals surface area contributed by atoms with Crippen molar-refractivity contribution in [2.24, 2.45) is 0 Å². The smallest absolute Gasteiger partial charge is 0.265 e. The van der Waals surface area contributed by atoms with Gasteiger partial charge in [-0.1, -0.05) is 26.8 Å². The van der Waals surface area contributed by atoms with Crippen molar-refractivity contribution in [3.63, 3.8) is 0 Å². The predicted octanol–water partition coefficient (Wildman–Crippen LogP) is 5.67. The van der Waals surface area contributed by atoms with Crippen molar-refractivity contribution in [3.05, 3.63) is 76.7 Å². The molecule has 5 N–H and O–H groups in total. The van der Waals surface area contributed by atoms with Gasteiger partial charge in [0, 0.05) is 21.3 Å². The lowest BCUT2D eigenvalue weighted by Gasteiger charge is -2.23. The summed E-state index contributed by atoms with van der Waals surface area (Å²) >= 11 is 1.23. The van der Waals surface area contributed by atoms with E-state index >= 15 is 0 Å². The van der Waals surface area contributed by atoms with Crippen LogP contribution in [0.4, 0.5) is 22.7 Å². The van der Waals surface area contributed by atoms with Gasteiger partial charge in [0.25, 0.3) is 11.8 Å². The van der Waals surface area contributed by atoms with Crippen molar-refractivity contribution in [3.8, 4) is 5.75 Å². The summed E-state index contributed by atoms with van der Waals surface area (Å²) in [5, 5.41) is 24.5. The molecular weight excluding hydrogens is 568 g/mol. The number of thiophene rings is 1. The third-order valence-corrected chi connectivity index (χ3v) is 7.79. The Morgan fingerprint density at radius 1 is 0.902 bits per heavy atom. The summed E-state index contributed by atoms with van der Waals surface area (Å²) in [4.78, 5) is 26.6. The highest BCUT2D eigenvalue weighted by molar-refractivity contribution is 7.92. The zero-order valence-electron chi connectivity index (χ0n) is 23.0. The number of methoxy groups -OCH3 is 1. The van der Waals surface area contributed by atoms with E-state index in [1.807, 2.05) is 26.8 Å². The molecule has 0 fully saturated rings. The molecule has 0 aliphatic rings. The molecule has 0 unspecified atom stereocenters.